The zero-order valence-electron chi connectivity index (χ0n) is 12.6. The van der Waals surface area contributed by atoms with Crippen molar-refractivity contribution >= 4 is 5.97 Å². The van der Waals surface area contributed by atoms with Crippen LogP contribution in [0.25, 0.3) is 0 Å². The number of ether oxygens (including phenoxy) is 1. The zero-order chi connectivity index (χ0) is 13.9. The summed E-state index contributed by atoms with van der Waals surface area (Å²) >= 11 is 0. The third kappa shape index (κ3) is 3.29. The van der Waals surface area contributed by atoms with E-state index < -0.39 is 5.54 Å². The Morgan fingerprint density at radius 1 is 1.42 bits per heavy atom. The number of rotatable bonds is 7. The van der Waals surface area contributed by atoms with E-state index in [0.717, 1.165) is 32.0 Å². The highest BCUT2D eigenvalue weighted by Crippen LogP contribution is 2.38. The molecule has 1 aliphatic heterocycles. The SMILES string of the molecule is CCCNC(C)(CN1CC2CCC1C2)C(=O)OCC. The number of nitrogens with zero attached hydrogens (tertiary/aromatic N) is 1. The second-order valence-electron chi connectivity index (χ2n) is 6.24. The molecule has 4 heteroatoms. The van der Waals surface area contributed by atoms with Crippen LogP contribution in [0.2, 0.25) is 0 Å². The summed E-state index contributed by atoms with van der Waals surface area (Å²) in [4.78, 5) is 14.7. The van der Waals surface area contributed by atoms with Crippen LogP contribution >= 0.6 is 0 Å². The molecule has 2 rings (SSSR count). The summed E-state index contributed by atoms with van der Waals surface area (Å²) in [5.74, 6) is 0.758. The number of nitrogens with one attached hydrogen (secondary N) is 1. The van der Waals surface area contributed by atoms with Crippen LogP contribution in [-0.2, 0) is 9.53 Å². The first-order valence-corrected chi connectivity index (χ1v) is 7.75. The third-order valence-corrected chi connectivity index (χ3v) is 4.53. The highest BCUT2D eigenvalue weighted by molar-refractivity contribution is 5.80. The van der Waals surface area contributed by atoms with Crippen molar-refractivity contribution in [1.29, 1.82) is 0 Å². The Balaban J connectivity index is 1.98. The van der Waals surface area contributed by atoms with Crippen molar-refractivity contribution in [1.82, 2.24) is 10.2 Å². The normalized spacial score (nSPS) is 29.4. The van der Waals surface area contributed by atoms with Gasteiger partial charge in [0.2, 0.25) is 0 Å². The molecule has 2 fully saturated rings. The minimum atomic E-state index is -0.559. The van der Waals surface area contributed by atoms with Gasteiger partial charge in [0.15, 0.2) is 0 Å². The predicted molar refractivity (Wildman–Crippen MR) is 76.0 cm³/mol. The van der Waals surface area contributed by atoms with E-state index in [9.17, 15) is 4.79 Å². The lowest BCUT2D eigenvalue weighted by atomic mass is 9.99. The number of hydrogen-bond acceptors (Lipinski definition) is 4. The summed E-state index contributed by atoms with van der Waals surface area (Å²) in [6.45, 7) is 9.24. The average molecular weight is 268 g/mol. The van der Waals surface area contributed by atoms with E-state index in [1.54, 1.807) is 0 Å². The Morgan fingerprint density at radius 2 is 2.21 bits per heavy atom. The van der Waals surface area contributed by atoms with E-state index in [1.165, 1.54) is 19.3 Å². The maximum atomic E-state index is 12.3. The second kappa shape index (κ2) is 6.23. The Hall–Kier alpha value is -0.610. The minimum absolute atomic E-state index is 0.105. The van der Waals surface area contributed by atoms with E-state index in [2.05, 4.69) is 17.1 Å². The van der Waals surface area contributed by atoms with Crippen molar-refractivity contribution < 1.29 is 9.53 Å². The van der Waals surface area contributed by atoms with E-state index in [-0.39, 0.29) is 5.97 Å². The largest absolute Gasteiger partial charge is 0.465 e. The van der Waals surface area contributed by atoms with Gasteiger partial charge in [-0.3, -0.25) is 9.69 Å². The lowest BCUT2D eigenvalue weighted by Crippen LogP contribution is -2.58. The van der Waals surface area contributed by atoms with Crippen molar-refractivity contribution in [3.63, 3.8) is 0 Å². The molecule has 110 valence electrons. The Morgan fingerprint density at radius 3 is 2.74 bits per heavy atom. The highest BCUT2D eigenvalue weighted by atomic mass is 16.5. The number of piperidine rings is 1. The molecule has 4 nitrogen and oxygen atoms in total. The zero-order valence-corrected chi connectivity index (χ0v) is 12.6. The Kier molecular flexibility index (Phi) is 4.85. The number of likely N-dealkylation sites (tertiary alicyclic amines) is 1. The number of fused-ring (bicyclic) bond motifs is 2. The molecule has 3 unspecified atom stereocenters. The number of hydrogen-bond donors (Lipinski definition) is 1. The van der Waals surface area contributed by atoms with Crippen LogP contribution in [0.3, 0.4) is 0 Å². The van der Waals surface area contributed by atoms with Crippen LogP contribution in [-0.4, -0.2) is 48.7 Å². The fourth-order valence-electron chi connectivity index (χ4n) is 3.51. The average Bonchev–Trinajstić information content (AvgIpc) is 2.99. The molecule has 19 heavy (non-hydrogen) atoms. The lowest BCUT2D eigenvalue weighted by Gasteiger charge is -2.36. The molecule has 1 saturated carbocycles. The molecule has 0 radical (unpaired) electrons. The molecule has 2 aliphatic rings. The topological polar surface area (TPSA) is 41.6 Å². The maximum absolute atomic E-state index is 12.3. The van der Waals surface area contributed by atoms with E-state index >= 15 is 0 Å². The van der Waals surface area contributed by atoms with Gasteiger partial charge >= 0.3 is 5.97 Å². The molecule has 0 spiro atoms. The van der Waals surface area contributed by atoms with Crippen LogP contribution in [0.4, 0.5) is 0 Å². The lowest BCUT2D eigenvalue weighted by molar-refractivity contribution is -0.151. The van der Waals surface area contributed by atoms with Gasteiger partial charge in [0.05, 0.1) is 6.61 Å². The molecule has 0 aromatic heterocycles. The van der Waals surface area contributed by atoms with Gasteiger partial charge in [-0.15, -0.1) is 0 Å². The number of esters is 1. The molecule has 1 N–H and O–H groups in total. The fraction of sp³-hybridized carbons (Fsp3) is 0.933. The van der Waals surface area contributed by atoms with E-state index in [1.807, 2.05) is 13.8 Å². The van der Waals surface area contributed by atoms with Crippen LogP contribution in [0, 0.1) is 5.92 Å². The molecule has 0 aromatic rings. The molecule has 0 aromatic carbocycles. The van der Waals surface area contributed by atoms with E-state index in [0.29, 0.717) is 12.6 Å². The molecule has 2 bridgehead atoms. The van der Waals surface area contributed by atoms with Crippen molar-refractivity contribution in [2.45, 2.75) is 58.0 Å². The van der Waals surface area contributed by atoms with Gasteiger partial charge < -0.3 is 10.1 Å². The summed E-state index contributed by atoms with van der Waals surface area (Å²) in [6, 6.07) is 0.696. The third-order valence-electron chi connectivity index (χ3n) is 4.53. The molecular formula is C15H28N2O2. The molecule has 1 heterocycles. The Bertz CT molecular complexity index is 321. The molecule has 1 aliphatic carbocycles. The first-order chi connectivity index (χ1) is 9.09. The second-order valence-corrected chi connectivity index (χ2v) is 6.24. The van der Waals surface area contributed by atoms with Crippen LogP contribution < -0.4 is 5.32 Å². The van der Waals surface area contributed by atoms with Crippen LogP contribution in [0.5, 0.6) is 0 Å². The van der Waals surface area contributed by atoms with Gasteiger partial charge in [-0.2, -0.15) is 0 Å². The van der Waals surface area contributed by atoms with Gasteiger partial charge in [-0.1, -0.05) is 6.92 Å². The first kappa shape index (κ1) is 14.8. The molecule has 0 amide bonds. The van der Waals surface area contributed by atoms with Gasteiger partial charge in [0, 0.05) is 19.1 Å². The quantitative estimate of drug-likeness (QED) is 0.715. The molecule has 3 atom stereocenters. The number of carbonyl (C=O) groups is 1. The summed E-state index contributed by atoms with van der Waals surface area (Å²) in [5, 5.41) is 3.40. The Labute approximate surface area is 116 Å². The van der Waals surface area contributed by atoms with Gasteiger partial charge in [-0.05, 0) is 52.0 Å². The fourth-order valence-corrected chi connectivity index (χ4v) is 3.51. The predicted octanol–water partition coefficient (Wildman–Crippen LogP) is 1.79. The van der Waals surface area contributed by atoms with Crippen LogP contribution in [0.15, 0.2) is 0 Å². The van der Waals surface area contributed by atoms with Crippen molar-refractivity contribution in [2.24, 2.45) is 5.92 Å². The van der Waals surface area contributed by atoms with Crippen molar-refractivity contribution in [2.75, 3.05) is 26.2 Å². The van der Waals surface area contributed by atoms with Gasteiger partial charge in [-0.25, -0.2) is 0 Å². The summed E-state index contributed by atoms with van der Waals surface area (Å²) in [5.41, 5.74) is -0.559. The standard InChI is InChI=1S/C15H28N2O2/c1-4-8-16-15(3,14(18)19-5-2)11-17-10-12-6-7-13(17)9-12/h12-13,16H,4-11H2,1-3H3. The smallest absolute Gasteiger partial charge is 0.327 e. The summed E-state index contributed by atoms with van der Waals surface area (Å²) in [6.07, 6.45) is 5.03. The first-order valence-electron chi connectivity index (χ1n) is 7.75. The molecule has 1 saturated heterocycles. The van der Waals surface area contributed by atoms with Crippen LogP contribution in [0.1, 0.15) is 46.5 Å². The van der Waals surface area contributed by atoms with Crippen molar-refractivity contribution in [3.05, 3.63) is 0 Å². The van der Waals surface area contributed by atoms with Gasteiger partial charge in [0.25, 0.3) is 0 Å². The molecular weight excluding hydrogens is 240 g/mol. The highest BCUT2D eigenvalue weighted by Gasteiger charge is 2.43. The maximum Gasteiger partial charge on any atom is 0.327 e. The summed E-state index contributed by atoms with van der Waals surface area (Å²) < 4.78 is 5.27. The minimum Gasteiger partial charge on any atom is -0.465 e. The van der Waals surface area contributed by atoms with Gasteiger partial charge in [0.1, 0.15) is 5.54 Å². The van der Waals surface area contributed by atoms with E-state index in [4.69, 9.17) is 4.74 Å². The monoisotopic (exact) mass is 268 g/mol. The summed E-state index contributed by atoms with van der Waals surface area (Å²) in [7, 11) is 0. The number of carbonyl (C=O) groups excluding carboxylic acids is 1. The van der Waals surface area contributed by atoms with Crippen molar-refractivity contribution in [3.8, 4) is 0 Å².